The lowest BCUT2D eigenvalue weighted by atomic mass is 10.00. The highest BCUT2D eigenvalue weighted by Crippen LogP contribution is 2.54. The van der Waals surface area contributed by atoms with Crippen LogP contribution in [0.3, 0.4) is 0 Å². The smallest absolute Gasteiger partial charge is 0.303 e. The van der Waals surface area contributed by atoms with Gasteiger partial charge >= 0.3 is 7.60 Å². The van der Waals surface area contributed by atoms with Crippen LogP contribution in [0, 0.1) is 0 Å². The van der Waals surface area contributed by atoms with Crippen LogP contribution in [0.4, 0.5) is 0 Å². The van der Waals surface area contributed by atoms with Crippen LogP contribution in [0.1, 0.15) is 53.4 Å². The summed E-state index contributed by atoms with van der Waals surface area (Å²) in [4.78, 5) is 0. The van der Waals surface area contributed by atoms with Crippen molar-refractivity contribution in [2.45, 2.75) is 65.6 Å². The van der Waals surface area contributed by atoms with Gasteiger partial charge < -0.3 is 9.05 Å². The van der Waals surface area contributed by atoms with Crippen molar-refractivity contribution in [1.82, 2.24) is 0 Å². The maximum atomic E-state index is 12.7. The molecule has 0 fully saturated rings. The molecule has 0 aliphatic heterocycles. The first kappa shape index (κ1) is 17.0. The monoisotopic (exact) mass is 306 g/mol. The van der Waals surface area contributed by atoms with E-state index >= 15 is 0 Å². The van der Waals surface area contributed by atoms with Crippen molar-refractivity contribution in [2.24, 2.45) is 0 Å². The Labute approximate surface area is 121 Å². The topological polar surface area (TPSA) is 35.5 Å². The largest absolute Gasteiger partial charge is 0.356 e. The van der Waals surface area contributed by atoms with Crippen LogP contribution in [-0.2, 0) is 13.6 Å². The third-order valence-electron chi connectivity index (χ3n) is 2.58. The molecule has 0 unspecified atom stereocenters. The molecule has 0 saturated heterocycles. The minimum Gasteiger partial charge on any atom is -0.303 e. The zero-order valence-corrected chi connectivity index (χ0v) is 13.8. The summed E-state index contributed by atoms with van der Waals surface area (Å²) in [6, 6.07) is 0. The quantitative estimate of drug-likeness (QED) is 0.598. The summed E-state index contributed by atoms with van der Waals surface area (Å²) in [6.45, 7) is 7.33. The molecule has 1 rings (SSSR count). The van der Waals surface area contributed by atoms with E-state index in [4.69, 9.17) is 20.6 Å². The summed E-state index contributed by atoms with van der Waals surface area (Å²) >= 11 is 6.27. The fourth-order valence-corrected chi connectivity index (χ4v) is 4.27. The summed E-state index contributed by atoms with van der Waals surface area (Å²) < 4.78 is 23.6. The molecule has 1 aliphatic rings. The van der Waals surface area contributed by atoms with Gasteiger partial charge in [0.2, 0.25) is 0 Å². The number of halogens is 1. The lowest BCUT2D eigenvalue weighted by Gasteiger charge is -2.21. The van der Waals surface area contributed by atoms with Crippen molar-refractivity contribution in [2.75, 3.05) is 0 Å². The molecule has 0 N–H and O–H groups in total. The number of hydrogen-bond acceptors (Lipinski definition) is 3. The summed E-state index contributed by atoms with van der Waals surface area (Å²) in [5, 5.41) is 0.504. The lowest BCUT2D eigenvalue weighted by molar-refractivity contribution is 0.149. The molecule has 0 heterocycles. The zero-order chi connectivity index (χ0) is 14.5. The van der Waals surface area contributed by atoms with Gasteiger partial charge in [-0.3, -0.25) is 4.57 Å². The first-order valence-corrected chi connectivity index (χ1v) is 8.85. The van der Waals surface area contributed by atoms with E-state index in [2.05, 4.69) is 6.08 Å². The molecule has 0 aromatic carbocycles. The standard InChI is InChI=1S/C14H24ClO3P/c1-11(2)17-19(16,18-12(3)4)10-14(15)13-8-6-5-7-9-13/h8,10-12H,5-7,9H2,1-4H3/b14-10-. The predicted molar refractivity (Wildman–Crippen MR) is 80.5 cm³/mol. The van der Waals surface area contributed by atoms with E-state index in [1.807, 2.05) is 27.7 Å². The fraction of sp³-hybridized carbons (Fsp3) is 0.714. The molecule has 0 aromatic heterocycles. The third kappa shape index (κ3) is 6.27. The predicted octanol–water partition coefficient (Wildman–Crippen LogP) is 5.61. The fourth-order valence-electron chi connectivity index (χ4n) is 1.95. The summed E-state index contributed by atoms with van der Waals surface area (Å²) in [5.74, 6) is 1.46. The van der Waals surface area contributed by atoms with Crippen LogP contribution < -0.4 is 0 Å². The number of rotatable bonds is 6. The molecule has 0 spiro atoms. The average molecular weight is 307 g/mol. The van der Waals surface area contributed by atoms with E-state index in [0.29, 0.717) is 5.03 Å². The molecule has 1 aliphatic carbocycles. The number of allylic oxidation sites excluding steroid dienone is 3. The second-order valence-electron chi connectivity index (χ2n) is 5.30. The van der Waals surface area contributed by atoms with Gasteiger partial charge in [-0.1, -0.05) is 17.7 Å². The SMILES string of the molecule is CC(C)OP(=O)(/C=C(\Cl)C1=CCCCC1)OC(C)C. The van der Waals surface area contributed by atoms with E-state index in [1.165, 1.54) is 12.2 Å². The Hall–Kier alpha value is -0.0800. The van der Waals surface area contributed by atoms with Crippen LogP contribution in [0.25, 0.3) is 0 Å². The maximum Gasteiger partial charge on any atom is 0.356 e. The molecular weight excluding hydrogens is 283 g/mol. The van der Waals surface area contributed by atoms with Gasteiger partial charge in [-0.25, -0.2) is 0 Å². The molecule has 0 radical (unpaired) electrons. The summed E-state index contributed by atoms with van der Waals surface area (Å²) in [7, 11) is -3.29. The van der Waals surface area contributed by atoms with E-state index in [0.717, 1.165) is 24.8 Å². The third-order valence-corrected chi connectivity index (χ3v) is 5.09. The Kier molecular flexibility index (Phi) is 6.82. The molecule has 110 valence electrons. The first-order chi connectivity index (χ1) is 8.82. The van der Waals surface area contributed by atoms with Gasteiger partial charge in [0.05, 0.1) is 17.2 Å². The normalized spacial score (nSPS) is 18.1. The highest BCUT2D eigenvalue weighted by atomic mass is 35.5. The number of hydrogen-bond donors (Lipinski definition) is 0. The second-order valence-corrected chi connectivity index (χ2v) is 7.47. The van der Waals surface area contributed by atoms with Crippen LogP contribution in [-0.4, -0.2) is 12.2 Å². The highest BCUT2D eigenvalue weighted by molar-refractivity contribution is 7.57. The molecule has 19 heavy (non-hydrogen) atoms. The Morgan fingerprint density at radius 2 is 1.84 bits per heavy atom. The van der Waals surface area contributed by atoms with Crippen molar-refractivity contribution >= 4 is 19.2 Å². The minimum absolute atomic E-state index is 0.175. The van der Waals surface area contributed by atoms with E-state index in [1.54, 1.807) is 0 Å². The van der Waals surface area contributed by atoms with Crippen molar-refractivity contribution < 1.29 is 13.6 Å². The molecule has 0 atom stereocenters. The molecule has 5 heteroatoms. The van der Waals surface area contributed by atoms with Crippen molar-refractivity contribution in [3.8, 4) is 0 Å². The first-order valence-electron chi connectivity index (χ1n) is 6.86. The van der Waals surface area contributed by atoms with Gasteiger partial charge in [-0.05, 0) is 59.0 Å². The minimum atomic E-state index is -3.29. The maximum absolute atomic E-state index is 12.7. The Balaban J connectivity index is 2.91. The average Bonchev–Trinajstić information content (AvgIpc) is 2.27. The molecular formula is C14H24ClO3P. The Bertz CT molecular complexity index is 385. The molecule has 0 saturated carbocycles. The van der Waals surface area contributed by atoms with E-state index in [9.17, 15) is 4.57 Å². The van der Waals surface area contributed by atoms with Crippen molar-refractivity contribution in [3.63, 3.8) is 0 Å². The van der Waals surface area contributed by atoms with Gasteiger partial charge in [0.15, 0.2) is 0 Å². The molecule has 0 amide bonds. The Morgan fingerprint density at radius 3 is 2.26 bits per heavy atom. The summed E-state index contributed by atoms with van der Waals surface area (Å²) in [6.07, 6.45) is 6.03. The van der Waals surface area contributed by atoms with E-state index < -0.39 is 7.60 Å². The zero-order valence-electron chi connectivity index (χ0n) is 12.2. The van der Waals surface area contributed by atoms with Gasteiger partial charge in [0, 0.05) is 5.82 Å². The van der Waals surface area contributed by atoms with E-state index in [-0.39, 0.29) is 12.2 Å². The van der Waals surface area contributed by atoms with Gasteiger partial charge in [-0.2, -0.15) is 0 Å². The van der Waals surface area contributed by atoms with Crippen LogP contribution in [0.5, 0.6) is 0 Å². The van der Waals surface area contributed by atoms with Crippen LogP contribution >= 0.6 is 19.2 Å². The molecule has 3 nitrogen and oxygen atoms in total. The van der Waals surface area contributed by atoms with Crippen molar-refractivity contribution in [3.05, 3.63) is 22.5 Å². The lowest BCUT2D eigenvalue weighted by Crippen LogP contribution is -2.07. The van der Waals surface area contributed by atoms with Crippen LogP contribution in [0.15, 0.2) is 22.5 Å². The van der Waals surface area contributed by atoms with Crippen LogP contribution in [0.2, 0.25) is 0 Å². The molecule has 0 bridgehead atoms. The van der Waals surface area contributed by atoms with Gasteiger partial charge in [0.25, 0.3) is 0 Å². The van der Waals surface area contributed by atoms with Gasteiger partial charge in [-0.15, -0.1) is 0 Å². The second kappa shape index (κ2) is 7.64. The van der Waals surface area contributed by atoms with Crippen molar-refractivity contribution in [1.29, 1.82) is 0 Å². The van der Waals surface area contributed by atoms with Gasteiger partial charge in [0.1, 0.15) is 0 Å². The summed E-state index contributed by atoms with van der Waals surface area (Å²) in [5.41, 5.74) is 1.05. The molecule has 0 aromatic rings. The highest BCUT2D eigenvalue weighted by Gasteiger charge is 2.26. The Morgan fingerprint density at radius 1 is 1.26 bits per heavy atom.